The first-order valence-electron chi connectivity index (χ1n) is 9.87. The molecule has 0 aromatic heterocycles. The van der Waals surface area contributed by atoms with Crippen LogP contribution >= 0.6 is 24.0 Å². The highest BCUT2D eigenvalue weighted by Gasteiger charge is 2.39. The second kappa shape index (κ2) is 10.8. The van der Waals surface area contributed by atoms with Crippen LogP contribution < -0.4 is 5.32 Å². The van der Waals surface area contributed by atoms with Crippen LogP contribution in [0.2, 0.25) is 0 Å². The van der Waals surface area contributed by atoms with Crippen molar-refractivity contribution in [2.24, 2.45) is 10.9 Å². The van der Waals surface area contributed by atoms with Crippen molar-refractivity contribution >= 4 is 29.9 Å². The van der Waals surface area contributed by atoms with E-state index in [4.69, 9.17) is 0 Å². The largest absolute Gasteiger partial charge is 0.416 e. The fourth-order valence-electron chi connectivity index (χ4n) is 4.35. The number of nitrogens with one attached hydrogen (secondary N) is 1. The third-order valence-electron chi connectivity index (χ3n) is 5.75. The van der Waals surface area contributed by atoms with Gasteiger partial charge < -0.3 is 15.3 Å². The van der Waals surface area contributed by atoms with Gasteiger partial charge in [-0.15, -0.1) is 24.0 Å². The number of aliphatic hydroxyl groups is 1. The summed E-state index contributed by atoms with van der Waals surface area (Å²) in [7, 11) is 1.57. The van der Waals surface area contributed by atoms with Crippen LogP contribution in [0.15, 0.2) is 35.3 Å². The van der Waals surface area contributed by atoms with Gasteiger partial charge in [-0.25, -0.2) is 0 Å². The minimum atomic E-state index is -4.62. The van der Waals surface area contributed by atoms with Crippen molar-refractivity contribution in [2.75, 3.05) is 33.2 Å². The van der Waals surface area contributed by atoms with E-state index in [1.807, 2.05) is 11.0 Å². The molecule has 0 amide bonds. The van der Waals surface area contributed by atoms with Gasteiger partial charge in [-0.2, -0.15) is 13.2 Å². The van der Waals surface area contributed by atoms with E-state index in [0.29, 0.717) is 17.9 Å². The summed E-state index contributed by atoms with van der Waals surface area (Å²) in [5, 5.41) is 11.9. The molecule has 2 fully saturated rings. The average molecular weight is 526 g/mol. The number of benzene rings is 1. The van der Waals surface area contributed by atoms with Crippen molar-refractivity contribution < 1.29 is 18.3 Å². The Hall–Kier alpha value is -1.07. The van der Waals surface area contributed by atoms with Gasteiger partial charge in [-0.1, -0.05) is 30.3 Å². The van der Waals surface area contributed by atoms with Crippen molar-refractivity contribution in [3.63, 3.8) is 0 Å². The predicted octanol–water partition coefficient (Wildman–Crippen LogP) is 3.09. The molecule has 2 saturated heterocycles. The summed E-state index contributed by atoms with van der Waals surface area (Å²) in [5.41, 5.74) is 1.31. The number of rotatable bonds is 4. The lowest BCUT2D eigenvalue weighted by Gasteiger charge is -2.48. The number of hydrogen-bond acceptors (Lipinski definition) is 3. The number of piperidine rings is 2. The standard InChI is InChI=1S/C20H29F3N4O.HI/c1-24-19(25-12-18(28)20(21,22)23)27-11-9-17-16(14-27)8-5-10-26(17)13-15-6-3-2-4-7-15;/h2-4,6-7,16-18,28H,5,8-14H2,1H3,(H,24,25);1H. The van der Waals surface area contributed by atoms with Crippen LogP contribution in [0.5, 0.6) is 0 Å². The summed E-state index contributed by atoms with van der Waals surface area (Å²) < 4.78 is 37.6. The normalized spacial score (nSPS) is 24.4. The van der Waals surface area contributed by atoms with Crippen LogP contribution in [0.25, 0.3) is 0 Å². The molecule has 164 valence electrons. The van der Waals surface area contributed by atoms with E-state index >= 15 is 0 Å². The minimum Gasteiger partial charge on any atom is -0.382 e. The summed E-state index contributed by atoms with van der Waals surface area (Å²) in [6, 6.07) is 10.9. The van der Waals surface area contributed by atoms with E-state index in [0.717, 1.165) is 45.4 Å². The smallest absolute Gasteiger partial charge is 0.382 e. The Balaban J connectivity index is 0.00000300. The maximum Gasteiger partial charge on any atom is 0.416 e. The molecule has 3 rings (SSSR count). The van der Waals surface area contributed by atoms with Gasteiger partial charge >= 0.3 is 6.18 Å². The molecule has 0 saturated carbocycles. The van der Waals surface area contributed by atoms with Gasteiger partial charge in [-0.3, -0.25) is 9.89 Å². The summed E-state index contributed by atoms with van der Waals surface area (Å²) in [6.07, 6.45) is -3.81. The zero-order valence-corrected chi connectivity index (χ0v) is 18.9. The zero-order chi connectivity index (χ0) is 20.1. The summed E-state index contributed by atoms with van der Waals surface area (Å²) in [5.74, 6) is 0.902. The first-order chi connectivity index (χ1) is 13.4. The molecule has 9 heteroatoms. The SMILES string of the molecule is CN=C(NCC(O)C(F)(F)F)N1CCC2C(CCCN2Cc2ccccc2)C1.I. The molecule has 3 unspecified atom stereocenters. The topological polar surface area (TPSA) is 51.1 Å². The molecule has 0 spiro atoms. The van der Waals surface area contributed by atoms with Crippen molar-refractivity contribution in [1.29, 1.82) is 0 Å². The van der Waals surface area contributed by atoms with Crippen LogP contribution in [0.1, 0.15) is 24.8 Å². The van der Waals surface area contributed by atoms with Crippen LogP contribution in [-0.2, 0) is 6.54 Å². The fourth-order valence-corrected chi connectivity index (χ4v) is 4.35. The van der Waals surface area contributed by atoms with E-state index in [1.54, 1.807) is 7.05 Å². The van der Waals surface area contributed by atoms with Crippen LogP contribution in [0, 0.1) is 5.92 Å². The molecule has 0 aliphatic carbocycles. The molecule has 29 heavy (non-hydrogen) atoms. The highest BCUT2D eigenvalue weighted by Crippen LogP contribution is 2.31. The highest BCUT2D eigenvalue weighted by molar-refractivity contribution is 14.0. The van der Waals surface area contributed by atoms with E-state index in [1.165, 1.54) is 5.56 Å². The van der Waals surface area contributed by atoms with Gasteiger partial charge in [0.15, 0.2) is 12.1 Å². The Kier molecular flexibility index (Phi) is 9.02. The van der Waals surface area contributed by atoms with Gasteiger partial charge in [0, 0.05) is 32.7 Å². The third-order valence-corrected chi connectivity index (χ3v) is 5.75. The number of fused-ring (bicyclic) bond motifs is 1. The molecular weight excluding hydrogens is 496 g/mol. The molecule has 2 heterocycles. The van der Waals surface area contributed by atoms with Gasteiger partial charge in [0.05, 0.1) is 6.54 Å². The van der Waals surface area contributed by atoms with Gasteiger partial charge in [-0.05, 0) is 37.3 Å². The molecule has 0 bridgehead atoms. The van der Waals surface area contributed by atoms with E-state index in [-0.39, 0.29) is 24.0 Å². The number of hydrogen-bond donors (Lipinski definition) is 2. The van der Waals surface area contributed by atoms with Crippen LogP contribution in [-0.4, -0.2) is 72.4 Å². The molecule has 0 radical (unpaired) electrons. The number of nitrogens with zero attached hydrogens (tertiary/aromatic N) is 3. The number of likely N-dealkylation sites (tertiary alicyclic amines) is 2. The summed E-state index contributed by atoms with van der Waals surface area (Å²) >= 11 is 0. The quantitative estimate of drug-likeness (QED) is 0.360. The number of aliphatic imine (C=N–C) groups is 1. The third kappa shape index (κ3) is 6.45. The van der Waals surface area contributed by atoms with E-state index in [9.17, 15) is 18.3 Å². The Morgan fingerprint density at radius 1 is 1.24 bits per heavy atom. The van der Waals surface area contributed by atoms with Crippen molar-refractivity contribution in [3.8, 4) is 0 Å². The number of aliphatic hydroxyl groups excluding tert-OH is 1. The maximum atomic E-state index is 12.5. The first kappa shape index (κ1) is 24.2. The summed E-state index contributed by atoms with van der Waals surface area (Å²) in [4.78, 5) is 8.70. The van der Waals surface area contributed by atoms with Gasteiger partial charge in [0.2, 0.25) is 0 Å². The molecule has 2 aliphatic heterocycles. The summed E-state index contributed by atoms with van der Waals surface area (Å²) in [6.45, 7) is 2.96. The molecule has 1 aromatic carbocycles. The highest BCUT2D eigenvalue weighted by atomic mass is 127. The van der Waals surface area contributed by atoms with Gasteiger partial charge in [0.1, 0.15) is 0 Å². The lowest BCUT2D eigenvalue weighted by atomic mass is 9.83. The first-order valence-corrected chi connectivity index (χ1v) is 9.87. The maximum absolute atomic E-state index is 12.5. The lowest BCUT2D eigenvalue weighted by molar-refractivity contribution is -0.201. The predicted molar refractivity (Wildman–Crippen MR) is 118 cm³/mol. The molecule has 2 aliphatic rings. The zero-order valence-electron chi connectivity index (χ0n) is 16.6. The molecule has 2 N–H and O–H groups in total. The van der Waals surface area contributed by atoms with E-state index in [2.05, 4.69) is 39.5 Å². The van der Waals surface area contributed by atoms with Crippen LogP contribution in [0.4, 0.5) is 13.2 Å². The van der Waals surface area contributed by atoms with E-state index < -0.39 is 18.8 Å². The van der Waals surface area contributed by atoms with Crippen molar-refractivity contribution in [3.05, 3.63) is 35.9 Å². The molecule has 5 nitrogen and oxygen atoms in total. The molecular formula is C20H30F3IN4O. The number of halogens is 4. The van der Waals surface area contributed by atoms with Crippen molar-refractivity contribution in [1.82, 2.24) is 15.1 Å². The Morgan fingerprint density at radius 2 is 1.97 bits per heavy atom. The molecule has 1 aromatic rings. The number of guanidine groups is 1. The molecule has 3 atom stereocenters. The monoisotopic (exact) mass is 526 g/mol. The minimum absolute atomic E-state index is 0. The Labute approximate surface area is 187 Å². The Morgan fingerprint density at radius 3 is 2.62 bits per heavy atom. The second-order valence-electron chi connectivity index (χ2n) is 7.65. The average Bonchev–Trinajstić information content (AvgIpc) is 2.68. The lowest BCUT2D eigenvalue weighted by Crippen LogP contribution is -2.57. The fraction of sp³-hybridized carbons (Fsp3) is 0.650. The Bertz CT molecular complexity index is 659. The van der Waals surface area contributed by atoms with Crippen LogP contribution in [0.3, 0.4) is 0 Å². The second-order valence-corrected chi connectivity index (χ2v) is 7.65. The van der Waals surface area contributed by atoms with Crippen molar-refractivity contribution in [2.45, 2.75) is 44.1 Å². The number of alkyl halides is 3. The van der Waals surface area contributed by atoms with Gasteiger partial charge in [0.25, 0.3) is 0 Å².